The average molecular weight is 312 g/mol. The summed E-state index contributed by atoms with van der Waals surface area (Å²) in [6.07, 6.45) is 6.07. The molecular weight excluding hydrogens is 292 g/mol. The Morgan fingerprint density at radius 3 is 3.04 bits per heavy atom. The maximum atomic E-state index is 5.89. The van der Waals surface area contributed by atoms with Gasteiger partial charge >= 0.3 is 0 Å². The topological polar surface area (TPSA) is 92.9 Å². The number of hydrogen-bond donors (Lipinski definition) is 2. The summed E-state index contributed by atoms with van der Waals surface area (Å²) in [5, 5.41) is 7.12. The lowest BCUT2D eigenvalue weighted by Gasteiger charge is -2.38. The number of H-pyrrole nitrogens is 1. The summed E-state index contributed by atoms with van der Waals surface area (Å²) in [7, 11) is 0. The number of rotatable bonds is 2. The van der Waals surface area contributed by atoms with Crippen LogP contribution in [-0.4, -0.2) is 46.0 Å². The van der Waals surface area contributed by atoms with Crippen LogP contribution < -0.4 is 10.6 Å². The molecule has 0 aliphatic carbocycles. The van der Waals surface area contributed by atoms with E-state index in [1.54, 1.807) is 6.20 Å². The van der Waals surface area contributed by atoms with Crippen LogP contribution in [0, 0.1) is 6.92 Å². The van der Waals surface area contributed by atoms with E-state index in [9.17, 15) is 0 Å². The minimum Gasteiger partial charge on any atom is -0.379 e. The van der Waals surface area contributed by atoms with Gasteiger partial charge < -0.3 is 15.4 Å². The van der Waals surface area contributed by atoms with E-state index in [2.05, 4.69) is 31.1 Å². The van der Waals surface area contributed by atoms with Crippen LogP contribution in [-0.2, 0) is 4.74 Å². The van der Waals surface area contributed by atoms with Gasteiger partial charge in [0.1, 0.15) is 5.82 Å². The van der Waals surface area contributed by atoms with Crippen LogP contribution in [0.25, 0.3) is 11.6 Å². The SMILES string of the molecule is Cc1nc(N)nc2c1C=C(c1ccn[nH]1)CN2C1CCCOC1. The van der Waals surface area contributed by atoms with E-state index in [-0.39, 0.29) is 0 Å². The van der Waals surface area contributed by atoms with E-state index in [1.165, 1.54) is 5.57 Å². The molecule has 3 N–H and O–H groups in total. The molecule has 0 spiro atoms. The molecule has 1 saturated heterocycles. The van der Waals surface area contributed by atoms with E-state index in [0.717, 1.165) is 55.4 Å². The lowest BCUT2D eigenvalue weighted by Crippen LogP contribution is -2.44. The molecular formula is C16H20N6O. The van der Waals surface area contributed by atoms with Crippen LogP contribution in [0.5, 0.6) is 0 Å². The quantitative estimate of drug-likeness (QED) is 0.875. The van der Waals surface area contributed by atoms with Crippen molar-refractivity contribution in [2.24, 2.45) is 0 Å². The number of nitrogens with one attached hydrogen (secondary N) is 1. The van der Waals surface area contributed by atoms with Gasteiger partial charge in [-0.05, 0) is 37.5 Å². The molecule has 1 fully saturated rings. The molecule has 120 valence electrons. The predicted octanol–water partition coefficient (Wildman–Crippen LogP) is 1.63. The number of nitrogen functional groups attached to an aromatic ring is 1. The molecule has 0 bridgehead atoms. The largest absolute Gasteiger partial charge is 0.379 e. The zero-order chi connectivity index (χ0) is 15.8. The minimum atomic E-state index is 0.308. The molecule has 0 radical (unpaired) electrons. The fourth-order valence-corrected chi connectivity index (χ4v) is 3.32. The molecule has 4 heterocycles. The van der Waals surface area contributed by atoms with Crippen LogP contribution in [0.1, 0.15) is 29.8 Å². The van der Waals surface area contributed by atoms with E-state index >= 15 is 0 Å². The zero-order valence-electron chi connectivity index (χ0n) is 13.1. The second-order valence-corrected chi connectivity index (χ2v) is 6.04. The third kappa shape index (κ3) is 2.57. The van der Waals surface area contributed by atoms with Gasteiger partial charge in [-0.1, -0.05) is 0 Å². The average Bonchev–Trinajstić information content (AvgIpc) is 3.09. The fourth-order valence-electron chi connectivity index (χ4n) is 3.32. The van der Waals surface area contributed by atoms with Crippen LogP contribution in [0.3, 0.4) is 0 Å². The first-order valence-corrected chi connectivity index (χ1v) is 7.91. The number of nitrogens with zero attached hydrogens (tertiary/aromatic N) is 4. The number of fused-ring (bicyclic) bond motifs is 1. The number of hydrogen-bond acceptors (Lipinski definition) is 6. The first-order chi connectivity index (χ1) is 11.2. The highest BCUT2D eigenvalue weighted by molar-refractivity contribution is 5.90. The number of aromatic amines is 1. The van der Waals surface area contributed by atoms with Gasteiger partial charge in [-0.3, -0.25) is 5.10 Å². The monoisotopic (exact) mass is 312 g/mol. The second kappa shape index (κ2) is 5.66. The molecule has 2 aromatic rings. The van der Waals surface area contributed by atoms with Gasteiger partial charge in [0, 0.05) is 24.9 Å². The van der Waals surface area contributed by atoms with Crippen LogP contribution in [0.4, 0.5) is 11.8 Å². The fraction of sp³-hybridized carbons (Fsp3) is 0.438. The normalized spacial score (nSPS) is 21.0. The lowest BCUT2D eigenvalue weighted by molar-refractivity contribution is 0.0797. The van der Waals surface area contributed by atoms with Gasteiger partial charge in [0.25, 0.3) is 0 Å². The Labute approximate surface area is 134 Å². The molecule has 0 amide bonds. The van der Waals surface area contributed by atoms with Crippen molar-refractivity contribution >= 4 is 23.4 Å². The Hall–Kier alpha value is -2.41. The first kappa shape index (κ1) is 14.2. The maximum absolute atomic E-state index is 5.89. The predicted molar refractivity (Wildman–Crippen MR) is 88.8 cm³/mol. The molecule has 23 heavy (non-hydrogen) atoms. The second-order valence-electron chi connectivity index (χ2n) is 6.04. The molecule has 1 unspecified atom stereocenters. The zero-order valence-corrected chi connectivity index (χ0v) is 13.1. The lowest BCUT2D eigenvalue weighted by atomic mass is 9.99. The summed E-state index contributed by atoms with van der Waals surface area (Å²) in [5.41, 5.74) is 10.0. The number of aryl methyl sites for hydroxylation is 1. The van der Waals surface area contributed by atoms with Gasteiger partial charge in [0.2, 0.25) is 5.95 Å². The Morgan fingerprint density at radius 1 is 1.39 bits per heavy atom. The highest BCUT2D eigenvalue weighted by Crippen LogP contribution is 2.35. The van der Waals surface area contributed by atoms with E-state index in [0.29, 0.717) is 12.0 Å². The Balaban J connectivity index is 1.80. The van der Waals surface area contributed by atoms with Crippen LogP contribution in [0.15, 0.2) is 12.3 Å². The van der Waals surface area contributed by atoms with Crippen molar-refractivity contribution < 1.29 is 4.74 Å². The molecule has 2 aliphatic heterocycles. The molecule has 1 atom stereocenters. The number of anilines is 2. The Morgan fingerprint density at radius 2 is 2.30 bits per heavy atom. The molecule has 7 heteroatoms. The van der Waals surface area contributed by atoms with Crippen molar-refractivity contribution in [1.82, 2.24) is 20.2 Å². The maximum Gasteiger partial charge on any atom is 0.222 e. The van der Waals surface area contributed by atoms with Crippen molar-refractivity contribution in [3.8, 4) is 0 Å². The van der Waals surface area contributed by atoms with Crippen LogP contribution >= 0.6 is 0 Å². The Bertz CT molecular complexity index is 733. The third-order valence-corrected chi connectivity index (χ3v) is 4.49. The molecule has 0 aromatic carbocycles. The van der Waals surface area contributed by atoms with Crippen molar-refractivity contribution in [3.05, 3.63) is 29.2 Å². The van der Waals surface area contributed by atoms with E-state index < -0.39 is 0 Å². The standard InChI is InChI=1S/C16H20N6O/c1-10-13-7-11(14-4-5-18-21-14)8-22(12-3-2-6-23-9-12)15(13)20-16(17)19-10/h4-5,7,12H,2-3,6,8-9H2,1H3,(H,18,21)(H2,17,19,20). The van der Waals surface area contributed by atoms with E-state index in [4.69, 9.17) is 10.5 Å². The number of aromatic nitrogens is 4. The van der Waals surface area contributed by atoms with Crippen LogP contribution in [0.2, 0.25) is 0 Å². The van der Waals surface area contributed by atoms with Crippen molar-refractivity contribution in [2.75, 3.05) is 30.4 Å². The Kier molecular flexibility index (Phi) is 3.49. The smallest absolute Gasteiger partial charge is 0.222 e. The third-order valence-electron chi connectivity index (χ3n) is 4.49. The summed E-state index contributed by atoms with van der Waals surface area (Å²) in [6.45, 7) is 4.29. The molecule has 0 saturated carbocycles. The highest BCUT2D eigenvalue weighted by Gasteiger charge is 2.30. The number of nitrogens with two attached hydrogens (primary N) is 1. The van der Waals surface area contributed by atoms with Gasteiger partial charge in [-0.15, -0.1) is 0 Å². The molecule has 4 rings (SSSR count). The minimum absolute atomic E-state index is 0.308. The summed E-state index contributed by atoms with van der Waals surface area (Å²) in [6, 6.07) is 2.29. The van der Waals surface area contributed by atoms with Crippen molar-refractivity contribution in [3.63, 3.8) is 0 Å². The van der Waals surface area contributed by atoms with Gasteiger partial charge in [-0.25, -0.2) is 4.98 Å². The van der Waals surface area contributed by atoms with Gasteiger partial charge in [0.05, 0.1) is 24.0 Å². The van der Waals surface area contributed by atoms with E-state index in [1.807, 2.05) is 13.0 Å². The van der Waals surface area contributed by atoms with Gasteiger partial charge in [-0.2, -0.15) is 10.1 Å². The summed E-state index contributed by atoms with van der Waals surface area (Å²) in [5.74, 6) is 1.23. The van der Waals surface area contributed by atoms with Crippen molar-refractivity contribution in [2.45, 2.75) is 25.8 Å². The summed E-state index contributed by atoms with van der Waals surface area (Å²) < 4.78 is 5.68. The van der Waals surface area contributed by atoms with Gasteiger partial charge in [0.15, 0.2) is 0 Å². The molecule has 7 nitrogen and oxygen atoms in total. The first-order valence-electron chi connectivity index (χ1n) is 7.91. The summed E-state index contributed by atoms with van der Waals surface area (Å²) in [4.78, 5) is 11.1. The highest BCUT2D eigenvalue weighted by atomic mass is 16.5. The number of ether oxygens (including phenoxy) is 1. The molecule has 2 aliphatic rings. The molecule has 2 aromatic heterocycles. The summed E-state index contributed by atoms with van der Waals surface area (Å²) >= 11 is 0. The van der Waals surface area contributed by atoms with Crippen molar-refractivity contribution in [1.29, 1.82) is 0 Å².